The lowest BCUT2D eigenvalue weighted by molar-refractivity contribution is -0.115. The zero-order valence-electron chi connectivity index (χ0n) is 14.7. The molecule has 0 radical (unpaired) electrons. The molecule has 1 N–H and O–H groups in total. The number of ether oxygens (including phenoxy) is 1. The molecule has 27 heavy (non-hydrogen) atoms. The lowest BCUT2D eigenvalue weighted by atomic mass is 10.1. The molecule has 0 atom stereocenters. The molecule has 0 aliphatic heterocycles. The topological polar surface area (TPSA) is 64.1 Å². The number of thiazole rings is 1. The summed E-state index contributed by atoms with van der Waals surface area (Å²) in [7, 11) is 1.64. The maximum absolute atomic E-state index is 12.5. The summed E-state index contributed by atoms with van der Waals surface area (Å²) in [6.45, 7) is 0. The number of aromatic nitrogens is 2. The van der Waals surface area contributed by atoms with Crippen LogP contribution in [0.1, 0.15) is 5.69 Å². The summed E-state index contributed by atoms with van der Waals surface area (Å²) < 4.78 is 5.18. The van der Waals surface area contributed by atoms with Crippen LogP contribution in [0.2, 0.25) is 0 Å². The fraction of sp³-hybridized carbons (Fsp3) is 0.0952. The van der Waals surface area contributed by atoms with Gasteiger partial charge in [-0.2, -0.15) is 0 Å². The number of methoxy groups -OCH3 is 1. The molecule has 0 aliphatic carbocycles. The van der Waals surface area contributed by atoms with E-state index >= 15 is 0 Å². The van der Waals surface area contributed by atoms with Crippen molar-refractivity contribution in [1.29, 1.82) is 0 Å². The molecule has 134 valence electrons. The highest BCUT2D eigenvalue weighted by Crippen LogP contribution is 2.26. The first-order valence-electron chi connectivity index (χ1n) is 8.45. The minimum Gasteiger partial charge on any atom is -0.497 e. The monoisotopic (exact) mass is 375 g/mol. The Hall–Kier alpha value is -3.25. The maximum atomic E-state index is 12.5. The number of fused-ring (bicyclic) bond motifs is 1. The minimum atomic E-state index is -0.0991. The Morgan fingerprint density at radius 1 is 1.11 bits per heavy atom. The number of anilines is 1. The Balaban J connectivity index is 1.47. The van der Waals surface area contributed by atoms with Crippen molar-refractivity contribution in [2.75, 3.05) is 12.4 Å². The van der Waals surface area contributed by atoms with Crippen LogP contribution in [0.15, 0.2) is 66.2 Å². The van der Waals surface area contributed by atoms with Crippen LogP contribution in [0.3, 0.4) is 0 Å². The SMILES string of the molecule is COc1ccc(-c2nc(CC(=O)Nc3cccc4ncccc34)cs2)cc1. The molecule has 0 fully saturated rings. The number of nitrogens with one attached hydrogen (secondary N) is 1. The third kappa shape index (κ3) is 3.80. The number of hydrogen-bond acceptors (Lipinski definition) is 5. The number of hydrogen-bond donors (Lipinski definition) is 1. The predicted molar refractivity (Wildman–Crippen MR) is 108 cm³/mol. The summed E-state index contributed by atoms with van der Waals surface area (Å²) in [6, 6.07) is 17.2. The van der Waals surface area contributed by atoms with Gasteiger partial charge in [-0.3, -0.25) is 9.78 Å². The molecule has 0 bridgehead atoms. The van der Waals surface area contributed by atoms with Gasteiger partial charge in [0.15, 0.2) is 0 Å². The summed E-state index contributed by atoms with van der Waals surface area (Å²) in [6.07, 6.45) is 1.97. The van der Waals surface area contributed by atoms with E-state index in [0.717, 1.165) is 38.6 Å². The minimum absolute atomic E-state index is 0.0991. The molecule has 4 rings (SSSR count). The van der Waals surface area contributed by atoms with Crippen molar-refractivity contribution in [3.05, 3.63) is 71.9 Å². The van der Waals surface area contributed by atoms with Crippen molar-refractivity contribution in [3.63, 3.8) is 0 Å². The number of pyridine rings is 1. The lowest BCUT2D eigenvalue weighted by Crippen LogP contribution is -2.14. The predicted octanol–water partition coefficient (Wildman–Crippen LogP) is 4.55. The highest BCUT2D eigenvalue weighted by atomic mass is 32.1. The Bertz CT molecular complexity index is 1080. The van der Waals surface area contributed by atoms with Crippen molar-refractivity contribution < 1.29 is 9.53 Å². The van der Waals surface area contributed by atoms with Gasteiger partial charge >= 0.3 is 0 Å². The van der Waals surface area contributed by atoms with Gasteiger partial charge in [0.05, 0.1) is 30.4 Å². The second-order valence-corrected chi connectivity index (χ2v) is 6.83. The number of nitrogens with zero attached hydrogens (tertiary/aromatic N) is 2. The second-order valence-electron chi connectivity index (χ2n) is 5.97. The highest BCUT2D eigenvalue weighted by Gasteiger charge is 2.11. The van der Waals surface area contributed by atoms with Gasteiger partial charge in [0.1, 0.15) is 10.8 Å². The molecule has 2 aromatic carbocycles. The van der Waals surface area contributed by atoms with Crippen molar-refractivity contribution in [3.8, 4) is 16.3 Å². The number of benzene rings is 2. The van der Waals surface area contributed by atoms with Gasteiger partial charge in [-0.05, 0) is 48.5 Å². The summed E-state index contributed by atoms with van der Waals surface area (Å²) in [5.74, 6) is 0.706. The summed E-state index contributed by atoms with van der Waals surface area (Å²) in [4.78, 5) is 21.4. The zero-order chi connectivity index (χ0) is 18.6. The van der Waals surface area contributed by atoms with Crippen LogP contribution in [0.5, 0.6) is 5.75 Å². The molecule has 0 saturated heterocycles. The van der Waals surface area contributed by atoms with Crippen LogP contribution in [-0.4, -0.2) is 23.0 Å². The fourth-order valence-corrected chi connectivity index (χ4v) is 3.65. The Kier molecular flexibility index (Phi) is 4.80. The van der Waals surface area contributed by atoms with Gasteiger partial charge in [-0.1, -0.05) is 6.07 Å². The standard InChI is InChI=1S/C21H17N3O2S/c1-26-16-9-7-14(8-10-16)21-23-15(13-27-21)12-20(25)24-19-6-2-5-18-17(19)4-3-11-22-18/h2-11,13H,12H2,1H3,(H,24,25). The third-order valence-corrected chi connectivity index (χ3v) is 5.09. The fourth-order valence-electron chi connectivity index (χ4n) is 2.83. The smallest absolute Gasteiger partial charge is 0.230 e. The molecule has 0 unspecified atom stereocenters. The van der Waals surface area contributed by atoms with E-state index in [9.17, 15) is 4.79 Å². The average Bonchev–Trinajstić information content (AvgIpc) is 3.16. The van der Waals surface area contributed by atoms with E-state index in [1.807, 2.05) is 60.0 Å². The average molecular weight is 375 g/mol. The molecule has 1 amide bonds. The van der Waals surface area contributed by atoms with E-state index in [0.29, 0.717) is 0 Å². The number of amides is 1. The van der Waals surface area contributed by atoms with Crippen LogP contribution in [0, 0.1) is 0 Å². The van der Waals surface area contributed by atoms with Crippen LogP contribution in [0.25, 0.3) is 21.5 Å². The van der Waals surface area contributed by atoms with E-state index in [4.69, 9.17) is 4.74 Å². The van der Waals surface area contributed by atoms with Gasteiger partial charge in [0, 0.05) is 22.5 Å². The van der Waals surface area contributed by atoms with Crippen LogP contribution < -0.4 is 10.1 Å². The molecular formula is C21H17N3O2S. The van der Waals surface area contributed by atoms with Gasteiger partial charge in [-0.15, -0.1) is 11.3 Å². The van der Waals surface area contributed by atoms with Gasteiger partial charge in [-0.25, -0.2) is 4.98 Å². The van der Waals surface area contributed by atoms with E-state index in [1.54, 1.807) is 13.3 Å². The van der Waals surface area contributed by atoms with Gasteiger partial charge < -0.3 is 10.1 Å². The molecule has 0 aliphatic rings. The third-order valence-electron chi connectivity index (χ3n) is 4.15. The van der Waals surface area contributed by atoms with Crippen molar-refractivity contribution in [2.24, 2.45) is 0 Å². The van der Waals surface area contributed by atoms with Gasteiger partial charge in [0.25, 0.3) is 0 Å². The van der Waals surface area contributed by atoms with Crippen molar-refractivity contribution >= 4 is 33.8 Å². The zero-order valence-corrected chi connectivity index (χ0v) is 15.5. The largest absolute Gasteiger partial charge is 0.497 e. The molecule has 2 aromatic heterocycles. The van der Waals surface area contributed by atoms with E-state index < -0.39 is 0 Å². The molecular weight excluding hydrogens is 358 g/mol. The van der Waals surface area contributed by atoms with Crippen molar-refractivity contribution in [1.82, 2.24) is 9.97 Å². The first-order chi connectivity index (χ1) is 13.2. The molecule has 5 nitrogen and oxygen atoms in total. The molecule has 2 heterocycles. The Morgan fingerprint density at radius 2 is 1.96 bits per heavy atom. The first kappa shape index (κ1) is 17.2. The quantitative estimate of drug-likeness (QED) is 0.556. The summed E-state index contributed by atoms with van der Waals surface area (Å²) in [5, 5.41) is 6.69. The Morgan fingerprint density at radius 3 is 2.78 bits per heavy atom. The normalized spacial score (nSPS) is 10.7. The van der Waals surface area contributed by atoms with Crippen LogP contribution in [0.4, 0.5) is 5.69 Å². The summed E-state index contributed by atoms with van der Waals surface area (Å²) >= 11 is 1.53. The molecule has 0 spiro atoms. The lowest BCUT2D eigenvalue weighted by Gasteiger charge is -2.07. The summed E-state index contributed by atoms with van der Waals surface area (Å²) in [5.41, 5.74) is 3.37. The van der Waals surface area contributed by atoms with Gasteiger partial charge in [0.2, 0.25) is 5.91 Å². The molecule has 0 saturated carbocycles. The van der Waals surface area contributed by atoms with E-state index in [1.165, 1.54) is 11.3 Å². The maximum Gasteiger partial charge on any atom is 0.230 e. The number of carbonyl (C=O) groups excluding carboxylic acids is 1. The Labute approximate surface area is 160 Å². The van der Waals surface area contributed by atoms with E-state index in [-0.39, 0.29) is 12.3 Å². The first-order valence-corrected chi connectivity index (χ1v) is 9.33. The second kappa shape index (κ2) is 7.55. The van der Waals surface area contributed by atoms with Crippen LogP contribution in [-0.2, 0) is 11.2 Å². The molecule has 4 aromatic rings. The highest BCUT2D eigenvalue weighted by molar-refractivity contribution is 7.13. The molecule has 6 heteroatoms. The van der Waals surface area contributed by atoms with Crippen LogP contribution >= 0.6 is 11.3 Å². The van der Waals surface area contributed by atoms with E-state index in [2.05, 4.69) is 15.3 Å². The number of carbonyl (C=O) groups is 1. The number of rotatable bonds is 5. The van der Waals surface area contributed by atoms with Crippen molar-refractivity contribution in [2.45, 2.75) is 6.42 Å².